The van der Waals surface area contributed by atoms with Gasteiger partial charge in [-0.2, -0.15) is 0 Å². The molecule has 0 rings (SSSR count). The van der Waals surface area contributed by atoms with Crippen LogP contribution in [0.1, 0.15) is 0 Å². The number of hydrogen-bond acceptors (Lipinski definition) is 3. The van der Waals surface area contributed by atoms with E-state index >= 15 is 0 Å². The summed E-state index contributed by atoms with van der Waals surface area (Å²) in [6.45, 7) is -0.713. The predicted octanol–water partition coefficient (Wildman–Crippen LogP) is -0.909. The van der Waals surface area contributed by atoms with Gasteiger partial charge < -0.3 is 14.9 Å². The zero-order valence-electron chi connectivity index (χ0n) is 5.02. The molecular formula is C4H7O5P. The average Bonchev–Trinajstić information content (AvgIpc) is 1.78. The lowest BCUT2D eigenvalue weighted by atomic mass is 10.6. The van der Waals surface area contributed by atoms with Crippen molar-refractivity contribution in [2.24, 2.45) is 0 Å². The standard InChI is InChI=1S/C4H7O5P/c5-3-1-2-4-9-10(6,7)8/h5H,3-4H2,(H2,6,7,8). The van der Waals surface area contributed by atoms with Gasteiger partial charge in [0.15, 0.2) is 0 Å². The number of hydrogen-bond donors (Lipinski definition) is 3. The summed E-state index contributed by atoms with van der Waals surface area (Å²) in [5.41, 5.74) is 0. The van der Waals surface area contributed by atoms with Gasteiger partial charge in [0.05, 0.1) is 0 Å². The highest BCUT2D eigenvalue weighted by molar-refractivity contribution is 7.46. The lowest BCUT2D eigenvalue weighted by Crippen LogP contribution is -1.88. The molecule has 0 fully saturated rings. The summed E-state index contributed by atoms with van der Waals surface area (Å²) in [7, 11) is -4.39. The lowest BCUT2D eigenvalue weighted by Gasteiger charge is -1.98. The maximum Gasteiger partial charge on any atom is 0.470 e. The molecule has 0 aromatic heterocycles. The van der Waals surface area contributed by atoms with Crippen LogP contribution in [0.4, 0.5) is 0 Å². The van der Waals surface area contributed by atoms with Crippen molar-refractivity contribution in [3.05, 3.63) is 0 Å². The third-order valence-electron chi connectivity index (χ3n) is 0.509. The molecule has 0 atom stereocenters. The number of phosphoric ester groups is 1. The minimum absolute atomic E-state index is 0.343. The Labute approximate surface area is 57.9 Å². The van der Waals surface area contributed by atoms with E-state index in [2.05, 4.69) is 16.4 Å². The first-order valence-corrected chi connectivity index (χ1v) is 3.86. The third kappa shape index (κ3) is 7.63. The summed E-state index contributed by atoms with van der Waals surface area (Å²) in [4.78, 5) is 16.2. The second-order valence-corrected chi connectivity index (χ2v) is 2.52. The Morgan fingerprint density at radius 1 is 1.40 bits per heavy atom. The van der Waals surface area contributed by atoms with Crippen molar-refractivity contribution in [2.75, 3.05) is 13.2 Å². The molecular weight excluding hydrogens is 159 g/mol. The van der Waals surface area contributed by atoms with Gasteiger partial charge in [0, 0.05) is 0 Å². The molecule has 0 bridgehead atoms. The van der Waals surface area contributed by atoms with Crippen molar-refractivity contribution >= 4 is 7.82 Å². The summed E-state index contributed by atoms with van der Waals surface area (Å²) < 4.78 is 13.8. The van der Waals surface area contributed by atoms with Crippen molar-refractivity contribution in [3.63, 3.8) is 0 Å². The van der Waals surface area contributed by atoms with Crippen LogP contribution in [0, 0.1) is 11.8 Å². The van der Waals surface area contributed by atoms with Gasteiger partial charge in [0.25, 0.3) is 0 Å². The van der Waals surface area contributed by atoms with E-state index in [9.17, 15) is 4.57 Å². The van der Waals surface area contributed by atoms with Crippen molar-refractivity contribution in [1.29, 1.82) is 0 Å². The number of rotatable bonds is 2. The Kier molecular flexibility index (Phi) is 4.28. The van der Waals surface area contributed by atoms with Gasteiger partial charge in [0.2, 0.25) is 0 Å². The van der Waals surface area contributed by atoms with Gasteiger partial charge in [0.1, 0.15) is 13.2 Å². The van der Waals surface area contributed by atoms with Crippen molar-refractivity contribution in [1.82, 2.24) is 0 Å². The molecule has 0 saturated carbocycles. The number of aliphatic hydroxyl groups is 1. The highest BCUT2D eigenvalue weighted by Crippen LogP contribution is 2.34. The molecule has 0 aliphatic rings. The molecule has 3 N–H and O–H groups in total. The van der Waals surface area contributed by atoms with Gasteiger partial charge in [-0.15, -0.1) is 0 Å². The number of phosphoric acid groups is 1. The molecule has 0 aliphatic heterocycles. The molecule has 58 valence electrons. The van der Waals surface area contributed by atoms with Crippen LogP contribution in [0.25, 0.3) is 0 Å². The van der Waals surface area contributed by atoms with E-state index in [0.29, 0.717) is 0 Å². The van der Waals surface area contributed by atoms with Crippen LogP contribution in [-0.4, -0.2) is 28.1 Å². The predicted molar refractivity (Wildman–Crippen MR) is 32.9 cm³/mol. The normalized spacial score (nSPS) is 10.3. The highest BCUT2D eigenvalue weighted by atomic mass is 31.2. The van der Waals surface area contributed by atoms with Gasteiger partial charge in [-0.05, 0) is 0 Å². The van der Waals surface area contributed by atoms with E-state index in [4.69, 9.17) is 14.9 Å². The van der Waals surface area contributed by atoms with E-state index in [1.54, 1.807) is 0 Å². The molecule has 0 aliphatic carbocycles. The summed E-state index contributed by atoms with van der Waals surface area (Å²) >= 11 is 0. The summed E-state index contributed by atoms with van der Waals surface area (Å²) in [5.74, 6) is 4.34. The second kappa shape index (κ2) is 4.45. The van der Waals surface area contributed by atoms with Crippen LogP contribution in [0.15, 0.2) is 0 Å². The molecule has 0 unspecified atom stereocenters. The van der Waals surface area contributed by atoms with Crippen LogP contribution < -0.4 is 0 Å². The molecule has 0 aromatic carbocycles. The average molecular weight is 166 g/mol. The Bertz CT molecular complexity index is 184. The van der Waals surface area contributed by atoms with Gasteiger partial charge in [-0.1, -0.05) is 11.8 Å². The fourth-order valence-corrected chi connectivity index (χ4v) is 0.456. The van der Waals surface area contributed by atoms with Gasteiger partial charge in [-0.3, -0.25) is 4.52 Å². The molecule has 10 heavy (non-hydrogen) atoms. The molecule has 0 radical (unpaired) electrons. The maximum atomic E-state index is 9.94. The second-order valence-electron chi connectivity index (χ2n) is 1.28. The van der Waals surface area contributed by atoms with Gasteiger partial charge >= 0.3 is 7.82 Å². The molecule has 0 heterocycles. The van der Waals surface area contributed by atoms with Crippen LogP contribution >= 0.6 is 7.82 Å². The van der Waals surface area contributed by atoms with Crippen LogP contribution in [0.3, 0.4) is 0 Å². The SMILES string of the molecule is O=P(O)(O)OCC#CCO. The fourth-order valence-electron chi connectivity index (χ4n) is 0.223. The monoisotopic (exact) mass is 166 g/mol. The van der Waals surface area contributed by atoms with Crippen LogP contribution in [-0.2, 0) is 9.09 Å². The molecule has 0 aromatic rings. The van der Waals surface area contributed by atoms with Gasteiger partial charge in [-0.25, -0.2) is 4.57 Å². The molecule has 0 saturated heterocycles. The smallest absolute Gasteiger partial charge is 0.384 e. The van der Waals surface area contributed by atoms with Crippen molar-refractivity contribution in [3.8, 4) is 11.8 Å². The minimum Gasteiger partial charge on any atom is -0.384 e. The molecule has 5 nitrogen and oxygen atoms in total. The maximum absolute atomic E-state index is 9.94. The largest absolute Gasteiger partial charge is 0.470 e. The van der Waals surface area contributed by atoms with E-state index in [1.807, 2.05) is 0 Å². The summed E-state index contributed by atoms with van der Waals surface area (Å²) in [6, 6.07) is 0. The first-order chi connectivity index (χ1) is 4.56. The molecule has 0 spiro atoms. The van der Waals surface area contributed by atoms with Crippen molar-refractivity contribution in [2.45, 2.75) is 0 Å². The molecule has 0 amide bonds. The zero-order chi connectivity index (χ0) is 8.04. The topological polar surface area (TPSA) is 87.0 Å². The van der Waals surface area contributed by atoms with E-state index < -0.39 is 7.82 Å². The van der Waals surface area contributed by atoms with Crippen LogP contribution in [0.2, 0.25) is 0 Å². The Hall–Kier alpha value is -0.370. The minimum atomic E-state index is -4.39. The first kappa shape index (κ1) is 9.63. The van der Waals surface area contributed by atoms with Crippen LogP contribution in [0.5, 0.6) is 0 Å². The molecule has 6 heteroatoms. The Morgan fingerprint density at radius 2 is 2.00 bits per heavy atom. The number of aliphatic hydroxyl groups excluding tert-OH is 1. The lowest BCUT2D eigenvalue weighted by molar-refractivity contribution is 0.218. The van der Waals surface area contributed by atoms with E-state index in [0.717, 1.165) is 0 Å². The Morgan fingerprint density at radius 3 is 2.40 bits per heavy atom. The summed E-state index contributed by atoms with van der Waals surface area (Å²) in [6.07, 6.45) is 0. The van der Waals surface area contributed by atoms with E-state index in [-0.39, 0.29) is 13.2 Å². The van der Waals surface area contributed by atoms with E-state index in [1.165, 1.54) is 0 Å². The fraction of sp³-hybridized carbons (Fsp3) is 0.500. The highest BCUT2D eigenvalue weighted by Gasteiger charge is 2.11. The summed E-state index contributed by atoms with van der Waals surface area (Å²) in [5, 5.41) is 8.07. The quantitative estimate of drug-likeness (QED) is 0.365. The first-order valence-electron chi connectivity index (χ1n) is 2.33. The third-order valence-corrected chi connectivity index (χ3v) is 0.974. The Balaban J connectivity index is 3.47. The van der Waals surface area contributed by atoms with Crippen molar-refractivity contribution < 1.29 is 24.0 Å². The zero-order valence-corrected chi connectivity index (χ0v) is 5.91.